The van der Waals surface area contributed by atoms with Crippen molar-refractivity contribution in [1.29, 1.82) is 0 Å². The van der Waals surface area contributed by atoms with E-state index in [2.05, 4.69) is 5.32 Å². The molecule has 5 nitrogen and oxygen atoms in total. The Balaban J connectivity index is 2.13. The van der Waals surface area contributed by atoms with Gasteiger partial charge in [0.05, 0.1) is 18.1 Å². The van der Waals surface area contributed by atoms with Crippen LogP contribution in [0.25, 0.3) is 0 Å². The molecule has 27 heavy (non-hydrogen) atoms. The lowest BCUT2D eigenvalue weighted by Crippen LogP contribution is -2.36. The standard InChI is InChI=1S/C21H26N2O3S/c1-4-20(27)22-17-7-6-8-19(15-17)26-21(24)23(13-14-25-5-2)18-11-9-16(3)10-12-18/h6-12,15H,4-5,13-14H2,1-3H3,(H,22,27). The minimum Gasteiger partial charge on any atom is -0.410 e. The Hall–Kier alpha value is -2.44. The zero-order valence-corrected chi connectivity index (χ0v) is 16.8. The first kappa shape index (κ1) is 20.9. The SMILES string of the molecule is CCOCCN(C(=O)Oc1cccc(NC(=S)CC)c1)c1ccc(C)cc1. The van der Waals surface area contributed by atoms with Crippen LogP contribution in [0, 0.1) is 6.92 Å². The maximum atomic E-state index is 12.8. The molecule has 1 N–H and O–H groups in total. The van der Waals surface area contributed by atoms with Crippen molar-refractivity contribution >= 4 is 34.7 Å². The maximum absolute atomic E-state index is 12.8. The fourth-order valence-electron chi connectivity index (χ4n) is 2.39. The highest BCUT2D eigenvalue weighted by atomic mass is 32.1. The number of nitrogens with zero attached hydrogens (tertiary/aromatic N) is 1. The lowest BCUT2D eigenvalue weighted by atomic mass is 10.2. The van der Waals surface area contributed by atoms with Crippen molar-refractivity contribution < 1.29 is 14.3 Å². The van der Waals surface area contributed by atoms with Crippen LogP contribution in [-0.4, -0.2) is 30.8 Å². The Labute approximate surface area is 166 Å². The van der Waals surface area contributed by atoms with Crippen LogP contribution in [0.5, 0.6) is 5.75 Å². The second kappa shape index (κ2) is 10.6. The van der Waals surface area contributed by atoms with Crippen LogP contribution < -0.4 is 15.0 Å². The van der Waals surface area contributed by atoms with Crippen LogP contribution in [0.4, 0.5) is 16.2 Å². The van der Waals surface area contributed by atoms with E-state index in [-0.39, 0.29) is 0 Å². The molecule has 144 valence electrons. The molecule has 0 fully saturated rings. The van der Waals surface area contributed by atoms with Gasteiger partial charge in [-0.05, 0) is 44.5 Å². The summed E-state index contributed by atoms with van der Waals surface area (Å²) in [5, 5.41) is 3.12. The first-order chi connectivity index (χ1) is 13.0. The van der Waals surface area contributed by atoms with Crippen LogP contribution in [-0.2, 0) is 4.74 Å². The van der Waals surface area contributed by atoms with Gasteiger partial charge in [0.25, 0.3) is 0 Å². The third-order valence-electron chi connectivity index (χ3n) is 3.87. The maximum Gasteiger partial charge on any atom is 0.419 e. The number of carbonyl (C=O) groups excluding carboxylic acids is 1. The molecule has 1 amide bonds. The molecule has 0 unspecified atom stereocenters. The molecule has 0 heterocycles. The zero-order valence-electron chi connectivity index (χ0n) is 16.0. The minimum absolute atomic E-state index is 0.410. The summed E-state index contributed by atoms with van der Waals surface area (Å²) in [7, 11) is 0. The number of thiocarbonyl (C=S) groups is 1. The Morgan fingerprint density at radius 3 is 2.56 bits per heavy atom. The van der Waals surface area contributed by atoms with Gasteiger partial charge in [-0.1, -0.05) is 42.9 Å². The monoisotopic (exact) mass is 386 g/mol. The van der Waals surface area contributed by atoms with Gasteiger partial charge in [0.1, 0.15) is 5.75 Å². The summed E-state index contributed by atoms with van der Waals surface area (Å²) in [5.41, 5.74) is 2.69. The highest BCUT2D eigenvalue weighted by Gasteiger charge is 2.18. The molecule has 2 rings (SSSR count). The molecule has 0 aliphatic heterocycles. The first-order valence-corrected chi connectivity index (χ1v) is 9.48. The Bertz CT molecular complexity index is 762. The number of carbonyl (C=O) groups is 1. The summed E-state index contributed by atoms with van der Waals surface area (Å²) in [4.78, 5) is 15.1. The topological polar surface area (TPSA) is 50.8 Å². The van der Waals surface area contributed by atoms with Gasteiger partial charge < -0.3 is 14.8 Å². The molecule has 0 aliphatic carbocycles. The van der Waals surface area contributed by atoms with Crippen molar-refractivity contribution in [3.05, 3.63) is 54.1 Å². The van der Waals surface area contributed by atoms with Gasteiger partial charge in [-0.2, -0.15) is 0 Å². The lowest BCUT2D eigenvalue weighted by Gasteiger charge is -2.22. The number of ether oxygens (including phenoxy) is 2. The van der Waals surface area contributed by atoms with Crippen molar-refractivity contribution in [3.8, 4) is 5.75 Å². The van der Waals surface area contributed by atoms with Crippen molar-refractivity contribution in [1.82, 2.24) is 0 Å². The fourth-order valence-corrected chi connectivity index (χ4v) is 2.51. The molecule has 2 aromatic rings. The van der Waals surface area contributed by atoms with Gasteiger partial charge in [-0.25, -0.2) is 4.79 Å². The normalized spacial score (nSPS) is 10.3. The van der Waals surface area contributed by atoms with Crippen molar-refractivity contribution in [2.45, 2.75) is 27.2 Å². The number of hydrogen-bond acceptors (Lipinski definition) is 4. The third kappa shape index (κ3) is 6.66. The summed E-state index contributed by atoms with van der Waals surface area (Å²) >= 11 is 5.20. The lowest BCUT2D eigenvalue weighted by molar-refractivity contribution is 0.151. The van der Waals surface area contributed by atoms with E-state index in [0.717, 1.165) is 28.3 Å². The molecule has 0 spiro atoms. The van der Waals surface area contributed by atoms with Crippen LogP contribution in [0.2, 0.25) is 0 Å². The quantitative estimate of drug-likeness (QED) is 0.500. The van der Waals surface area contributed by atoms with Crippen LogP contribution in [0.1, 0.15) is 25.8 Å². The van der Waals surface area contributed by atoms with Gasteiger partial charge in [0, 0.05) is 24.0 Å². The predicted molar refractivity (Wildman–Crippen MR) is 114 cm³/mol. The van der Waals surface area contributed by atoms with Crippen LogP contribution in [0.15, 0.2) is 48.5 Å². The molecule has 0 aliphatic rings. The average Bonchev–Trinajstić information content (AvgIpc) is 2.66. The largest absolute Gasteiger partial charge is 0.419 e. The summed E-state index contributed by atoms with van der Waals surface area (Å²) in [5.74, 6) is 0.456. The average molecular weight is 387 g/mol. The van der Waals surface area contributed by atoms with Gasteiger partial charge in [0.2, 0.25) is 0 Å². The van der Waals surface area contributed by atoms with Gasteiger partial charge in [-0.3, -0.25) is 4.90 Å². The molecule has 6 heteroatoms. The van der Waals surface area contributed by atoms with Gasteiger partial charge in [0.15, 0.2) is 0 Å². The van der Waals surface area contributed by atoms with E-state index in [1.54, 1.807) is 17.0 Å². The highest BCUT2D eigenvalue weighted by Crippen LogP contribution is 2.21. The molecule has 0 radical (unpaired) electrons. The van der Waals surface area contributed by atoms with E-state index >= 15 is 0 Å². The summed E-state index contributed by atoms with van der Waals surface area (Å²) in [6.07, 6.45) is 0.298. The highest BCUT2D eigenvalue weighted by molar-refractivity contribution is 7.80. The van der Waals surface area contributed by atoms with E-state index in [9.17, 15) is 4.79 Å². The number of benzene rings is 2. The van der Waals surface area contributed by atoms with Crippen molar-refractivity contribution in [2.75, 3.05) is 30.0 Å². The number of rotatable bonds is 8. The van der Waals surface area contributed by atoms with E-state index in [4.69, 9.17) is 21.7 Å². The van der Waals surface area contributed by atoms with Crippen molar-refractivity contribution in [2.24, 2.45) is 0 Å². The van der Waals surface area contributed by atoms with Gasteiger partial charge >= 0.3 is 6.09 Å². The van der Waals surface area contributed by atoms with E-state index < -0.39 is 6.09 Å². The molecule has 0 bridgehead atoms. The molecule has 0 saturated heterocycles. The Morgan fingerprint density at radius 2 is 1.89 bits per heavy atom. The predicted octanol–water partition coefficient (Wildman–Crippen LogP) is 5.19. The Morgan fingerprint density at radius 1 is 1.15 bits per heavy atom. The summed E-state index contributed by atoms with van der Waals surface area (Å²) < 4.78 is 11.0. The minimum atomic E-state index is -0.450. The second-order valence-corrected chi connectivity index (χ2v) is 6.47. The van der Waals surface area contributed by atoms with Crippen molar-refractivity contribution in [3.63, 3.8) is 0 Å². The van der Waals surface area contributed by atoms with E-state index in [1.165, 1.54) is 0 Å². The third-order valence-corrected chi connectivity index (χ3v) is 4.26. The zero-order chi connectivity index (χ0) is 19.6. The summed E-state index contributed by atoms with van der Waals surface area (Å²) in [6.45, 7) is 7.36. The number of aryl methyl sites for hydroxylation is 1. The molecule has 0 atom stereocenters. The number of nitrogens with one attached hydrogen (secondary N) is 1. The Kier molecular flexibility index (Phi) is 8.23. The fraction of sp³-hybridized carbons (Fsp3) is 0.333. The molecule has 0 saturated carbocycles. The van der Waals surface area contributed by atoms with Crippen LogP contribution >= 0.6 is 12.2 Å². The van der Waals surface area contributed by atoms with E-state index in [1.807, 2.05) is 57.2 Å². The first-order valence-electron chi connectivity index (χ1n) is 9.07. The second-order valence-electron chi connectivity index (χ2n) is 5.98. The molecule has 0 aromatic heterocycles. The van der Waals surface area contributed by atoms with Gasteiger partial charge in [-0.15, -0.1) is 0 Å². The molecular formula is C21H26N2O3S. The number of amides is 1. The number of hydrogen-bond donors (Lipinski definition) is 1. The number of anilines is 2. The molecular weight excluding hydrogens is 360 g/mol. The smallest absolute Gasteiger partial charge is 0.410 e. The van der Waals surface area contributed by atoms with E-state index in [0.29, 0.717) is 25.5 Å². The summed E-state index contributed by atoms with van der Waals surface area (Å²) in [6, 6.07) is 14.9. The molecule has 2 aromatic carbocycles. The van der Waals surface area contributed by atoms with Crippen LogP contribution in [0.3, 0.4) is 0 Å².